The summed E-state index contributed by atoms with van der Waals surface area (Å²) < 4.78 is 0. The number of carboxylic acid groups (broad SMARTS) is 1. The number of amides is 2. The zero-order chi connectivity index (χ0) is 26.2. The topological polar surface area (TPSA) is 119 Å². The molecular formula is C28H31N3O5S. The molecule has 1 fully saturated rings. The summed E-state index contributed by atoms with van der Waals surface area (Å²) in [6.07, 6.45) is 6.96. The van der Waals surface area contributed by atoms with Gasteiger partial charge in [-0.1, -0.05) is 72.8 Å². The van der Waals surface area contributed by atoms with E-state index in [1.807, 2.05) is 60.7 Å². The Morgan fingerprint density at radius 1 is 1.03 bits per heavy atom. The lowest BCUT2D eigenvalue weighted by Gasteiger charge is -2.32. The van der Waals surface area contributed by atoms with Crippen molar-refractivity contribution in [3.05, 3.63) is 96.1 Å². The molecule has 2 aliphatic rings. The van der Waals surface area contributed by atoms with Crippen molar-refractivity contribution in [1.82, 2.24) is 15.5 Å². The maximum Gasteiger partial charge on any atom is 0.323 e. The average molecular weight is 522 g/mol. The first kappa shape index (κ1) is 26.7. The number of hydrogen-bond acceptors (Lipinski definition) is 6. The molecule has 2 aromatic rings. The normalized spacial score (nSPS) is 22.6. The van der Waals surface area contributed by atoms with E-state index in [1.54, 1.807) is 36.0 Å². The summed E-state index contributed by atoms with van der Waals surface area (Å²) in [7, 11) is 0. The fraction of sp³-hybridized carbons (Fsp3) is 0.321. The van der Waals surface area contributed by atoms with E-state index in [4.69, 9.17) is 0 Å². The summed E-state index contributed by atoms with van der Waals surface area (Å²) in [5.74, 6) is -1.26. The van der Waals surface area contributed by atoms with Gasteiger partial charge in [0, 0.05) is 23.1 Å². The Hall–Kier alpha value is -3.40. The lowest BCUT2D eigenvalue weighted by atomic mass is 10.00. The number of rotatable bonds is 10. The standard InChI is InChI=1S/C28H31N3O5S/c32-24(21(15-19-9-3-1-4-10-19)30-27(35)20-11-5-2-6-12-20)16-29-22-18-37-25-14-8-7-13-23(25)31(28(22)36)17-26(33)34/h1-14,21-25,29,32H,15-18H2,(H,30,35)(H,33,34). The molecule has 2 aromatic carbocycles. The Kier molecular flexibility index (Phi) is 9.16. The van der Waals surface area contributed by atoms with Crippen LogP contribution in [0.2, 0.25) is 0 Å². The molecule has 8 nitrogen and oxygen atoms in total. The van der Waals surface area contributed by atoms with Crippen LogP contribution in [-0.4, -0.2) is 81.2 Å². The lowest BCUT2D eigenvalue weighted by molar-refractivity contribution is -0.146. The summed E-state index contributed by atoms with van der Waals surface area (Å²) in [6.45, 7) is -0.352. The van der Waals surface area contributed by atoms with Crippen LogP contribution in [0.3, 0.4) is 0 Å². The number of nitrogens with zero attached hydrogens (tertiary/aromatic N) is 1. The van der Waals surface area contributed by atoms with Crippen LogP contribution in [0.25, 0.3) is 0 Å². The predicted octanol–water partition coefficient (Wildman–Crippen LogP) is 1.87. The Morgan fingerprint density at radius 2 is 1.70 bits per heavy atom. The second-order valence-corrected chi connectivity index (χ2v) is 10.3. The molecular weight excluding hydrogens is 490 g/mol. The quantitative estimate of drug-likeness (QED) is 0.377. The molecule has 5 unspecified atom stereocenters. The van der Waals surface area contributed by atoms with E-state index >= 15 is 0 Å². The number of allylic oxidation sites excluding steroid dienone is 2. The minimum Gasteiger partial charge on any atom is -0.480 e. The van der Waals surface area contributed by atoms with Gasteiger partial charge in [0.2, 0.25) is 5.91 Å². The molecule has 0 saturated carbocycles. The van der Waals surface area contributed by atoms with Crippen LogP contribution >= 0.6 is 11.8 Å². The monoisotopic (exact) mass is 521 g/mol. The summed E-state index contributed by atoms with van der Waals surface area (Å²) >= 11 is 1.57. The Labute approximate surface area is 220 Å². The van der Waals surface area contributed by atoms with E-state index in [0.29, 0.717) is 17.7 Å². The highest BCUT2D eigenvalue weighted by molar-refractivity contribution is 8.00. The second-order valence-electron chi connectivity index (χ2n) is 9.08. The fourth-order valence-corrected chi connectivity index (χ4v) is 5.82. The van der Waals surface area contributed by atoms with Crippen molar-refractivity contribution in [3.8, 4) is 0 Å². The first-order valence-corrected chi connectivity index (χ1v) is 13.3. The van der Waals surface area contributed by atoms with Crippen LogP contribution in [0, 0.1) is 0 Å². The highest BCUT2D eigenvalue weighted by atomic mass is 32.2. The first-order valence-electron chi connectivity index (χ1n) is 12.2. The molecule has 2 amide bonds. The van der Waals surface area contributed by atoms with Crippen LogP contribution in [0.1, 0.15) is 15.9 Å². The number of carboxylic acids is 1. The third-order valence-corrected chi connectivity index (χ3v) is 7.79. The summed E-state index contributed by atoms with van der Waals surface area (Å²) in [5, 5.41) is 26.6. The number of carbonyl (C=O) groups excluding carboxylic acids is 2. The number of aliphatic hydroxyl groups is 1. The fourth-order valence-electron chi connectivity index (χ4n) is 4.51. The van der Waals surface area contributed by atoms with Gasteiger partial charge in [-0.15, -0.1) is 11.8 Å². The average Bonchev–Trinajstić information content (AvgIpc) is 3.04. The molecule has 5 atom stereocenters. The second kappa shape index (κ2) is 12.7. The van der Waals surface area contributed by atoms with Crippen molar-refractivity contribution in [2.45, 2.75) is 35.9 Å². The number of thioether (sulfide) groups is 1. The SMILES string of the molecule is O=C(O)CN1C(=O)C(NCC(O)C(Cc2ccccc2)NC(=O)c2ccccc2)CSC2C=CC=CC21. The number of carbonyl (C=O) groups is 3. The van der Waals surface area contributed by atoms with E-state index in [-0.39, 0.29) is 29.7 Å². The van der Waals surface area contributed by atoms with Gasteiger partial charge in [-0.05, 0) is 24.1 Å². The van der Waals surface area contributed by atoms with E-state index in [0.717, 1.165) is 5.56 Å². The smallest absolute Gasteiger partial charge is 0.323 e. The Balaban J connectivity index is 1.46. The molecule has 1 heterocycles. The van der Waals surface area contributed by atoms with Crippen molar-refractivity contribution in [2.24, 2.45) is 0 Å². The summed E-state index contributed by atoms with van der Waals surface area (Å²) in [5.41, 5.74) is 1.44. The molecule has 9 heteroatoms. The number of hydrogen-bond donors (Lipinski definition) is 4. The lowest BCUT2D eigenvalue weighted by Crippen LogP contribution is -2.55. The molecule has 1 aliphatic heterocycles. The third kappa shape index (κ3) is 7.09. The molecule has 0 aromatic heterocycles. The number of fused-ring (bicyclic) bond motifs is 1. The van der Waals surface area contributed by atoms with Gasteiger partial charge in [0.05, 0.1) is 24.2 Å². The number of benzene rings is 2. The van der Waals surface area contributed by atoms with Crippen LogP contribution in [-0.2, 0) is 16.0 Å². The van der Waals surface area contributed by atoms with Gasteiger partial charge in [0.1, 0.15) is 6.54 Å². The molecule has 1 aliphatic carbocycles. The Morgan fingerprint density at radius 3 is 2.41 bits per heavy atom. The molecule has 37 heavy (non-hydrogen) atoms. The van der Waals surface area contributed by atoms with Gasteiger partial charge in [-0.3, -0.25) is 14.4 Å². The van der Waals surface area contributed by atoms with Gasteiger partial charge in [0.25, 0.3) is 5.91 Å². The maximum atomic E-state index is 13.3. The largest absolute Gasteiger partial charge is 0.480 e. The number of nitrogens with one attached hydrogen (secondary N) is 2. The molecule has 1 saturated heterocycles. The van der Waals surface area contributed by atoms with Gasteiger partial charge in [-0.2, -0.15) is 0 Å². The summed E-state index contributed by atoms with van der Waals surface area (Å²) in [4.78, 5) is 39.1. The van der Waals surface area contributed by atoms with Gasteiger partial charge < -0.3 is 25.7 Å². The van der Waals surface area contributed by atoms with Crippen LogP contribution in [0.15, 0.2) is 85.0 Å². The van der Waals surface area contributed by atoms with E-state index < -0.39 is 30.7 Å². The molecule has 4 rings (SSSR count). The predicted molar refractivity (Wildman–Crippen MR) is 143 cm³/mol. The van der Waals surface area contributed by atoms with Crippen LogP contribution in [0.4, 0.5) is 0 Å². The van der Waals surface area contributed by atoms with Crippen molar-refractivity contribution >= 4 is 29.5 Å². The van der Waals surface area contributed by atoms with Crippen molar-refractivity contribution in [2.75, 3.05) is 18.8 Å². The van der Waals surface area contributed by atoms with Gasteiger partial charge in [-0.25, -0.2) is 0 Å². The summed E-state index contributed by atoms with van der Waals surface area (Å²) in [6, 6.07) is 16.7. The highest BCUT2D eigenvalue weighted by Gasteiger charge is 2.38. The Bertz CT molecular complexity index is 1140. The highest BCUT2D eigenvalue weighted by Crippen LogP contribution is 2.29. The zero-order valence-electron chi connectivity index (χ0n) is 20.3. The zero-order valence-corrected chi connectivity index (χ0v) is 21.1. The van der Waals surface area contributed by atoms with Crippen LogP contribution < -0.4 is 10.6 Å². The van der Waals surface area contributed by atoms with E-state index in [1.165, 1.54) is 4.90 Å². The van der Waals surface area contributed by atoms with Crippen molar-refractivity contribution in [3.63, 3.8) is 0 Å². The first-order chi connectivity index (χ1) is 17.9. The third-order valence-electron chi connectivity index (χ3n) is 6.45. The molecule has 0 radical (unpaired) electrons. The molecule has 0 spiro atoms. The van der Waals surface area contributed by atoms with Crippen molar-refractivity contribution in [1.29, 1.82) is 0 Å². The molecule has 0 bridgehead atoms. The number of aliphatic carboxylic acids is 1. The van der Waals surface area contributed by atoms with Crippen LogP contribution in [0.5, 0.6) is 0 Å². The minimum absolute atomic E-state index is 0.0407. The van der Waals surface area contributed by atoms with E-state index in [9.17, 15) is 24.6 Å². The van der Waals surface area contributed by atoms with Crippen molar-refractivity contribution < 1.29 is 24.6 Å². The van der Waals surface area contributed by atoms with E-state index in [2.05, 4.69) is 10.6 Å². The van der Waals surface area contributed by atoms with Gasteiger partial charge in [0.15, 0.2) is 0 Å². The van der Waals surface area contributed by atoms with Gasteiger partial charge >= 0.3 is 5.97 Å². The molecule has 4 N–H and O–H groups in total. The number of aliphatic hydroxyl groups excluding tert-OH is 1. The minimum atomic E-state index is -1.08. The maximum absolute atomic E-state index is 13.3. The molecule has 194 valence electrons.